The van der Waals surface area contributed by atoms with E-state index < -0.39 is 11.6 Å². The number of benzene rings is 1. The van der Waals surface area contributed by atoms with Crippen LogP contribution in [0, 0.1) is 6.92 Å². The molecule has 0 aliphatic carbocycles. The average molecular weight is 330 g/mol. The van der Waals surface area contributed by atoms with Crippen molar-refractivity contribution in [1.82, 2.24) is 15.4 Å². The molecule has 1 heterocycles. The van der Waals surface area contributed by atoms with Crippen LogP contribution < -0.4 is 20.6 Å². The third-order valence-electron chi connectivity index (χ3n) is 3.00. The van der Waals surface area contributed by atoms with E-state index in [2.05, 4.69) is 20.5 Å². The number of aryl methyl sites for hydroxylation is 1. The number of hydrogen-bond acceptors (Lipinski definition) is 6. The number of aromatic nitrogens is 2. The van der Waals surface area contributed by atoms with Gasteiger partial charge in [0.1, 0.15) is 5.69 Å². The van der Waals surface area contributed by atoms with Gasteiger partial charge in [0.05, 0.1) is 19.9 Å². The van der Waals surface area contributed by atoms with Gasteiger partial charge < -0.3 is 14.5 Å². The molecule has 24 heavy (non-hydrogen) atoms. The Morgan fingerprint density at radius 3 is 2.92 bits per heavy atom. The number of carbonyl (C=O) groups excluding carboxylic acids is 1. The Labute approximate surface area is 138 Å². The smallest absolute Gasteiger partial charge is 0.345 e. The minimum absolute atomic E-state index is 0.0107. The molecule has 0 atom stereocenters. The molecule has 0 saturated carbocycles. The normalized spacial score (nSPS) is 10.6. The highest BCUT2D eigenvalue weighted by atomic mass is 16.5. The molecule has 1 amide bonds. The molecular weight excluding hydrogens is 312 g/mol. The minimum atomic E-state index is -0.588. The number of amides is 1. The SMILES string of the molecule is CCOc1cccc(/C=N/NC(=O)c2cc(C)[nH]c(=O)n2)c1OC. The first-order valence-corrected chi connectivity index (χ1v) is 7.26. The van der Waals surface area contributed by atoms with Gasteiger partial charge in [-0.05, 0) is 32.0 Å². The van der Waals surface area contributed by atoms with Crippen LogP contribution in [0.2, 0.25) is 0 Å². The van der Waals surface area contributed by atoms with Gasteiger partial charge in [-0.25, -0.2) is 10.2 Å². The van der Waals surface area contributed by atoms with Crippen molar-refractivity contribution in [3.63, 3.8) is 0 Å². The van der Waals surface area contributed by atoms with E-state index in [0.717, 1.165) is 0 Å². The molecule has 126 valence electrons. The number of H-pyrrole nitrogens is 1. The van der Waals surface area contributed by atoms with Crippen LogP contribution in [0.5, 0.6) is 11.5 Å². The van der Waals surface area contributed by atoms with E-state index in [1.54, 1.807) is 25.1 Å². The summed E-state index contributed by atoms with van der Waals surface area (Å²) in [6, 6.07) is 6.80. The van der Waals surface area contributed by atoms with Crippen molar-refractivity contribution in [2.45, 2.75) is 13.8 Å². The lowest BCUT2D eigenvalue weighted by Gasteiger charge is -2.11. The summed E-state index contributed by atoms with van der Waals surface area (Å²) in [5.41, 5.74) is 2.90. The zero-order valence-corrected chi connectivity index (χ0v) is 13.6. The molecule has 0 aliphatic heterocycles. The Balaban J connectivity index is 2.15. The molecule has 2 aromatic rings. The molecule has 8 nitrogen and oxygen atoms in total. The van der Waals surface area contributed by atoms with Crippen molar-refractivity contribution in [3.05, 3.63) is 51.7 Å². The molecule has 0 fully saturated rings. The largest absolute Gasteiger partial charge is 0.492 e. The number of para-hydroxylation sites is 1. The van der Waals surface area contributed by atoms with Gasteiger partial charge in [-0.3, -0.25) is 4.79 Å². The summed E-state index contributed by atoms with van der Waals surface area (Å²) in [4.78, 5) is 29.3. The topological polar surface area (TPSA) is 106 Å². The number of nitrogens with zero attached hydrogens (tertiary/aromatic N) is 2. The Morgan fingerprint density at radius 2 is 2.25 bits per heavy atom. The number of hydrogen-bond donors (Lipinski definition) is 2. The second-order valence-electron chi connectivity index (χ2n) is 4.77. The summed E-state index contributed by atoms with van der Waals surface area (Å²) in [5, 5.41) is 3.87. The van der Waals surface area contributed by atoms with Crippen molar-refractivity contribution in [2.75, 3.05) is 13.7 Å². The van der Waals surface area contributed by atoms with Crippen molar-refractivity contribution < 1.29 is 14.3 Å². The summed E-state index contributed by atoms with van der Waals surface area (Å²) in [6.45, 7) is 4.03. The van der Waals surface area contributed by atoms with E-state index in [1.807, 2.05) is 6.92 Å². The molecule has 0 aliphatic rings. The van der Waals surface area contributed by atoms with Crippen LogP contribution in [0.4, 0.5) is 0 Å². The van der Waals surface area contributed by atoms with Crippen LogP contribution in [0.25, 0.3) is 0 Å². The molecule has 0 unspecified atom stereocenters. The first kappa shape index (κ1) is 17.2. The van der Waals surface area contributed by atoms with Crippen LogP contribution in [0.3, 0.4) is 0 Å². The van der Waals surface area contributed by atoms with E-state index in [0.29, 0.717) is 29.4 Å². The summed E-state index contributed by atoms with van der Waals surface area (Å²) in [7, 11) is 1.52. The third-order valence-corrected chi connectivity index (χ3v) is 3.00. The summed E-state index contributed by atoms with van der Waals surface area (Å²) in [6.07, 6.45) is 1.43. The molecule has 0 saturated heterocycles. The highest BCUT2D eigenvalue weighted by Gasteiger charge is 2.10. The number of ether oxygens (including phenoxy) is 2. The zero-order chi connectivity index (χ0) is 17.5. The van der Waals surface area contributed by atoms with E-state index >= 15 is 0 Å². The average Bonchev–Trinajstić information content (AvgIpc) is 2.54. The lowest BCUT2D eigenvalue weighted by molar-refractivity contribution is 0.0949. The molecule has 1 aromatic heterocycles. The van der Waals surface area contributed by atoms with Gasteiger partial charge in [-0.1, -0.05) is 6.07 Å². The second kappa shape index (κ2) is 7.91. The van der Waals surface area contributed by atoms with Gasteiger partial charge in [0.25, 0.3) is 5.91 Å². The molecule has 2 rings (SSSR count). The van der Waals surface area contributed by atoms with Crippen molar-refractivity contribution >= 4 is 12.1 Å². The Hall–Kier alpha value is -3.16. The molecule has 1 aromatic carbocycles. The summed E-state index contributed by atoms with van der Waals surface area (Å²) < 4.78 is 10.8. The van der Waals surface area contributed by atoms with Crippen LogP contribution in [-0.4, -0.2) is 35.8 Å². The van der Waals surface area contributed by atoms with Gasteiger partial charge in [0, 0.05) is 11.3 Å². The van der Waals surface area contributed by atoms with E-state index in [1.165, 1.54) is 19.4 Å². The number of nitrogens with one attached hydrogen (secondary N) is 2. The summed E-state index contributed by atoms with van der Waals surface area (Å²) >= 11 is 0. The lowest BCUT2D eigenvalue weighted by Crippen LogP contribution is -2.24. The lowest BCUT2D eigenvalue weighted by atomic mass is 10.2. The molecule has 0 bridgehead atoms. The predicted octanol–water partition coefficient (Wildman–Crippen LogP) is 1.25. The van der Waals surface area contributed by atoms with Crippen LogP contribution in [-0.2, 0) is 0 Å². The standard InChI is InChI=1S/C16H18N4O4/c1-4-24-13-7-5-6-11(14(13)23-3)9-17-20-15(21)12-8-10(2)18-16(22)19-12/h5-9H,4H2,1-3H3,(H,20,21)(H,18,19,22)/b17-9+. The molecule has 2 N–H and O–H groups in total. The Morgan fingerprint density at radius 1 is 1.46 bits per heavy atom. The highest BCUT2D eigenvalue weighted by Crippen LogP contribution is 2.29. The number of aromatic amines is 1. The van der Waals surface area contributed by atoms with Crippen molar-refractivity contribution in [2.24, 2.45) is 5.10 Å². The van der Waals surface area contributed by atoms with E-state index in [-0.39, 0.29) is 5.69 Å². The fourth-order valence-electron chi connectivity index (χ4n) is 2.04. The van der Waals surface area contributed by atoms with Gasteiger partial charge >= 0.3 is 5.69 Å². The van der Waals surface area contributed by atoms with Gasteiger partial charge in [-0.15, -0.1) is 0 Å². The molecule has 0 radical (unpaired) electrons. The third kappa shape index (κ3) is 4.19. The fourth-order valence-corrected chi connectivity index (χ4v) is 2.04. The Kier molecular flexibility index (Phi) is 5.67. The number of rotatable bonds is 6. The molecule has 0 spiro atoms. The maximum atomic E-state index is 12.0. The maximum Gasteiger partial charge on any atom is 0.345 e. The highest BCUT2D eigenvalue weighted by molar-refractivity contribution is 5.93. The second-order valence-corrected chi connectivity index (χ2v) is 4.77. The first-order valence-electron chi connectivity index (χ1n) is 7.26. The van der Waals surface area contributed by atoms with Crippen molar-refractivity contribution in [3.8, 4) is 11.5 Å². The Bertz CT molecular complexity index is 814. The van der Waals surface area contributed by atoms with Gasteiger partial charge in [0.15, 0.2) is 11.5 Å². The van der Waals surface area contributed by atoms with Crippen LogP contribution in [0.1, 0.15) is 28.7 Å². The molecular formula is C16H18N4O4. The summed E-state index contributed by atoms with van der Waals surface area (Å²) in [5.74, 6) is 0.519. The molecule has 8 heteroatoms. The predicted molar refractivity (Wildman–Crippen MR) is 88.8 cm³/mol. The number of methoxy groups -OCH3 is 1. The van der Waals surface area contributed by atoms with Gasteiger partial charge in [0.2, 0.25) is 0 Å². The van der Waals surface area contributed by atoms with Crippen LogP contribution >= 0.6 is 0 Å². The fraction of sp³-hybridized carbons (Fsp3) is 0.250. The van der Waals surface area contributed by atoms with Crippen LogP contribution in [0.15, 0.2) is 34.2 Å². The van der Waals surface area contributed by atoms with E-state index in [4.69, 9.17) is 9.47 Å². The van der Waals surface area contributed by atoms with E-state index in [9.17, 15) is 9.59 Å². The number of hydrazone groups is 1. The number of carbonyl (C=O) groups is 1. The zero-order valence-electron chi connectivity index (χ0n) is 13.6. The quantitative estimate of drug-likeness (QED) is 0.612. The first-order chi connectivity index (χ1) is 11.5. The maximum absolute atomic E-state index is 12.0. The van der Waals surface area contributed by atoms with Gasteiger partial charge in [-0.2, -0.15) is 10.1 Å². The van der Waals surface area contributed by atoms with Crippen molar-refractivity contribution in [1.29, 1.82) is 0 Å². The monoisotopic (exact) mass is 330 g/mol. The minimum Gasteiger partial charge on any atom is -0.492 e.